The summed E-state index contributed by atoms with van der Waals surface area (Å²) in [7, 11) is 0. The Morgan fingerprint density at radius 3 is 2.57 bits per heavy atom. The highest BCUT2D eigenvalue weighted by Gasteiger charge is 2.16. The van der Waals surface area contributed by atoms with Crippen LogP contribution in [0.15, 0.2) is 30.3 Å². The molecule has 1 heterocycles. The Morgan fingerprint density at radius 2 is 2.00 bits per heavy atom. The summed E-state index contributed by atoms with van der Waals surface area (Å²) in [6, 6.07) is 9.81. The summed E-state index contributed by atoms with van der Waals surface area (Å²) >= 11 is 5.95. The van der Waals surface area contributed by atoms with E-state index in [4.69, 9.17) is 11.6 Å². The molecule has 0 unspecified atom stereocenters. The predicted molar refractivity (Wildman–Crippen MR) is 86.9 cm³/mol. The number of rotatable bonds is 4. The van der Waals surface area contributed by atoms with Crippen LogP contribution in [0.4, 0.5) is 0 Å². The average Bonchev–Trinajstić information content (AvgIpc) is 2.71. The maximum Gasteiger partial charge on any atom is 0.253 e. The van der Waals surface area contributed by atoms with Crippen LogP contribution < -0.4 is 5.32 Å². The van der Waals surface area contributed by atoms with Crippen LogP contribution in [0.5, 0.6) is 0 Å². The highest BCUT2D eigenvalue weighted by atomic mass is 35.5. The molecule has 2 aromatic rings. The molecular weight excluding hydrogens is 284 g/mol. The molecule has 0 aliphatic rings. The fourth-order valence-electron chi connectivity index (χ4n) is 2.73. The SMILES string of the molecule is Cc1cc(C(=O)NCc2cccc(Cl)c2)c(C)n1C(C)C. The summed E-state index contributed by atoms with van der Waals surface area (Å²) in [5, 5.41) is 3.63. The van der Waals surface area contributed by atoms with E-state index >= 15 is 0 Å². The molecule has 0 atom stereocenters. The molecule has 112 valence electrons. The van der Waals surface area contributed by atoms with E-state index in [2.05, 4.69) is 23.7 Å². The van der Waals surface area contributed by atoms with E-state index in [-0.39, 0.29) is 5.91 Å². The maximum absolute atomic E-state index is 12.4. The number of aryl methyl sites for hydroxylation is 1. The number of hydrogen-bond acceptors (Lipinski definition) is 1. The third-order valence-corrected chi connectivity index (χ3v) is 3.82. The monoisotopic (exact) mass is 304 g/mol. The molecule has 3 nitrogen and oxygen atoms in total. The molecule has 0 saturated carbocycles. The number of carbonyl (C=O) groups excluding carboxylic acids is 1. The van der Waals surface area contributed by atoms with Gasteiger partial charge in [-0.2, -0.15) is 0 Å². The third-order valence-electron chi connectivity index (χ3n) is 3.59. The zero-order chi connectivity index (χ0) is 15.6. The largest absolute Gasteiger partial charge is 0.348 e. The molecular formula is C17H21ClN2O. The molecule has 0 radical (unpaired) electrons. The fraction of sp³-hybridized carbons (Fsp3) is 0.353. The van der Waals surface area contributed by atoms with Crippen molar-refractivity contribution in [2.24, 2.45) is 0 Å². The van der Waals surface area contributed by atoms with Crippen molar-refractivity contribution in [1.82, 2.24) is 9.88 Å². The number of hydrogen-bond donors (Lipinski definition) is 1. The number of halogens is 1. The summed E-state index contributed by atoms with van der Waals surface area (Å²) in [5.41, 5.74) is 3.85. The lowest BCUT2D eigenvalue weighted by atomic mass is 10.2. The Hall–Kier alpha value is -1.74. The van der Waals surface area contributed by atoms with Gasteiger partial charge in [0.25, 0.3) is 5.91 Å². The van der Waals surface area contributed by atoms with E-state index in [9.17, 15) is 4.79 Å². The molecule has 1 N–H and O–H groups in total. The minimum Gasteiger partial charge on any atom is -0.348 e. The molecule has 0 aliphatic heterocycles. The molecule has 0 fully saturated rings. The summed E-state index contributed by atoms with van der Waals surface area (Å²) in [6.45, 7) is 8.73. The van der Waals surface area contributed by atoms with Crippen LogP contribution in [-0.2, 0) is 6.54 Å². The van der Waals surface area contributed by atoms with Crippen molar-refractivity contribution in [3.8, 4) is 0 Å². The smallest absolute Gasteiger partial charge is 0.253 e. The van der Waals surface area contributed by atoms with Crippen LogP contribution in [0.2, 0.25) is 5.02 Å². The van der Waals surface area contributed by atoms with E-state index < -0.39 is 0 Å². The van der Waals surface area contributed by atoms with Crippen molar-refractivity contribution < 1.29 is 4.79 Å². The van der Waals surface area contributed by atoms with Gasteiger partial charge in [0.2, 0.25) is 0 Å². The molecule has 21 heavy (non-hydrogen) atoms. The summed E-state index contributed by atoms with van der Waals surface area (Å²) in [5.74, 6) is -0.0463. The molecule has 1 amide bonds. The molecule has 1 aromatic carbocycles. The van der Waals surface area contributed by atoms with Gasteiger partial charge in [-0.05, 0) is 51.5 Å². The fourth-order valence-corrected chi connectivity index (χ4v) is 2.94. The van der Waals surface area contributed by atoms with E-state index in [1.54, 1.807) is 0 Å². The minimum absolute atomic E-state index is 0.0463. The first kappa shape index (κ1) is 15.6. The van der Waals surface area contributed by atoms with Crippen molar-refractivity contribution in [2.45, 2.75) is 40.3 Å². The second kappa shape index (κ2) is 6.35. The topological polar surface area (TPSA) is 34.0 Å². The van der Waals surface area contributed by atoms with Crippen molar-refractivity contribution in [1.29, 1.82) is 0 Å². The molecule has 1 aromatic heterocycles. The summed E-state index contributed by atoms with van der Waals surface area (Å²) in [6.07, 6.45) is 0. The van der Waals surface area contributed by atoms with Gasteiger partial charge in [0.15, 0.2) is 0 Å². The van der Waals surface area contributed by atoms with E-state index in [1.165, 1.54) is 0 Å². The second-order valence-corrected chi connectivity index (χ2v) is 6.00. The van der Waals surface area contributed by atoms with Gasteiger partial charge in [-0.25, -0.2) is 0 Å². The van der Waals surface area contributed by atoms with Gasteiger partial charge < -0.3 is 9.88 Å². The van der Waals surface area contributed by atoms with Gasteiger partial charge in [-0.1, -0.05) is 23.7 Å². The minimum atomic E-state index is -0.0463. The molecule has 0 saturated heterocycles. The molecule has 0 aliphatic carbocycles. The predicted octanol–water partition coefficient (Wildman–Crippen LogP) is 4.27. The van der Waals surface area contributed by atoms with E-state index in [0.29, 0.717) is 17.6 Å². The van der Waals surface area contributed by atoms with Crippen LogP contribution in [-0.4, -0.2) is 10.5 Å². The quantitative estimate of drug-likeness (QED) is 0.899. The summed E-state index contributed by atoms with van der Waals surface area (Å²) in [4.78, 5) is 12.4. The van der Waals surface area contributed by atoms with Gasteiger partial charge in [-0.15, -0.1) is 0 Å². The Balaban J connectivity index is 2.12. The normalized spacial score (nSPS) is 11.0. The van der Waals surface area contributed by atoms with Crippen molar-refractivity contribution in [3.63, 3.8) is 0 Å². The molecule has 4 heteroatoms. The standard InChI is InChI=1S/C17H21ClN2O/c1-11(2)20-12(3)8-16(13(20)4)17(21)19-10-14-6-5-7-15(18)9-14/h5-9,11H,10H2,1-4H3,(H,19,21). The number of carbonyl (C=O) groups is 1. The first-order valence-corrected chi connectivity index (χ1v) is 7.49. The number of amides is 1. The molecule has 0 spiro atoms. The summed E-state index contributed by atoms with van der Waals surface area (Å²) < 4.78 is 2.17. The van der Waals surface area contributed by atoms with Crippen molar-refractivity contribution >= 4 is 17.5 Å². The van der Waals surface area contributed by atoms with Gasteiger partial charge in [0, 0.05) is 29.0 Å². The van der Waals surface area contributed by atoms with E-state index in [1.807, 2.05) is 44.2 Å². The number of nitrogens with zero attached hydrogens (tertiary/aromatic N) is 1. The Kier molecular flexibility index (Phi) is 4.73. The van der Waals surface area contributed by atoms with Crippen molar-refractivity contribution in [2.75, 3.05) is 0 Å². The molecule has 2 rings (SSSR count). The van der Waals surface area contributed by atoms with Gasteiger partial charge in [0.05, 0.1) is 5.56 Å². The van der Waals surface area contributed by atoms with Crippen LogP contribution in [0.3, 0.4) is 0 Å². The highest BCUT2D eigenvalue weighted by Crippen LogP contribution is 2.20. The number of benzene rings is 1. The van der Waals surface area contributed by atoms with Gasteiger partial charge in [0.1, 0.15) is 0 Å². The maximum atomic E-state index is 12.4. The lowest BCUT2D eigenvalue weighted by molar-refractivity contribution is 0.0950. The van der Waals surface area contributed by atoms with Crippen molar-refractivity contribution in [3.05, 3.63) is 57.9 Å². The van der Waals surface area contributed by atoms with Crippen LogP contribution >= 0.6 is 11.6 Å². The first-order chi connectivity index (χ1) is 9.90. The van der Waals surface area contributed by atoms with Crippen LogP contribution in [0.25, 0.3) is 0 Å². The van der Waals surface area contributed by atoms with Crippen LogP contribution in [0, 0.1) is 13.8 Å². The lowest BCUT2D eigenvalue weighted by Crippen LogP contribution is -2.23. The van der Waals surface area contributed by atoms with Gasteiger partial charge in [-0.3, -0.25) is 4.79 Å². The zero-order valence-corrected chi connectivity index (χ0v) is 13.7. The first-order valence-electron chi connectivity index (χ1n) is 7.11. The van der Waals surface area contributed by atoms with Gasteiger partial charge >= 0.3 is 0 Å². The average molecular weight is 305 g/mol. The molecule has 0 bridgehead atoms. The Morgan fingerprint density at radius 1 is 1.29 bits per heavy atom. The number of nitrogens with one attached hydrogen (secondary N) is 1. The third kappa shape index (κ3) is 3.48. The van der Waals surface area contributed by atoms with Crippen LogP contribution in [0.1, 0.15) is 47.2 Å². The zero-order valence-electron chi connectivity index (χ0n) is 12.9. The number of aromatic nitrogens is 1. The van der Waals surface area contributed by atoms with E-state index in [0.717, 1.165) is 22.5 Å². The highest BCUT2D eigenvalue weighted by molar-refractivity contribution is 6.30. The lowest BCUT2D eigenvalue weighted by Gasteiger charge is -2.13. The Labute approximate surface area is 130 Å². The Bertz CT molecular complexity index is 659. The second-order valence-electron chi connectivity index (χ2n) is 5.56.